The fourth-order valence-corrected chi connectivity index (χ4v) is 2.18. The summed E-state index contributed by atoms with van der Waals surface area (Å²) in [6.45, 7) is 5.96. The van der Waals surface area contributed by atoms with Crippen molar-refractivity contribution in [3.63, 3.8) is 0 Å². The zero-order valence-electron chi connectivity index (χ0n) is 10.7. The highest BCUT2D eigenvalue weighted by atomic mass is 16.4. The molecule has 5 nitrogen and oxygen atoms in total. The molecule has 17 heavy (non-hydrogen) atoms. The second kappa shape index (κ2) is 6.00. The first-order valence-electron chi connectivity index (χ1n) is 6.27. The Hall–Kier alpha value is -1.10. The Morgan fingerprint density at radius 3 is 2.59 bits per heavy atom. The van der Waals surface area contributed by atoms with E-state index in [1.54, 1.807) is 4.90 Å². The maximum atomic E-state index is 11.8. The molecule has 1 aliphatic heterocycles. The van der Waals surface area contributed by atoms with Crippen LogP contribution in [-0.4, -0.2) is 48.1 Å². The number of amides is 1. The van der Waals surface area contributed by atoms with E-state index in [0.717, 1.165) is 13.0 Å². The monoisotopic (exact) mass is 242 g/mol. The maximum absolute atomic E-state index is 11.8. The predicted octanol–water partition coefficient (Wildman–Crippen LogP) is 0.699. The second-order valence-corrected chi connectivity index (χ2v) is 4.68. The molecule has 0 spiro atoms. The standard InChI is InChI=1S/C12H22N2O3/c1-3-6-13-8-10(15)14-7-5-12(4-2,9-14)11(16)17/h13H,3-9H2,1-2H3,(H,16,17). The van der Waals surface area contributed by atoms with Crippen LogP contribution in [0.25, 0.3) is 0 Å². The molecular formula is C12H22N2O3. The number of aliphatic carboxylic acids is 1. The van der Waals surface area contributed by atoms with Gasteiger partial charge in [0.25, 0.3) is 0 Å². The van der Waals surface area contributed by atoms with Crippen LogP contribution in [0.4, 0.5) is 0 Å². The second-order valence-electron chi connectivity index (χ2n) is 4.68. The molecule has 0 saturated carbocycles. The molecule has 1 amide bonds. The fourth-order valence-electron chi connectivity index (χ4n) is 2.18. The van der Waals surface area contributed by atoms with Gasteiger partial charge in [0.1, 0.15) is 0 Å². The zero-order chi connectivity index (χ0) is 12.9. The van der Waals surface area contributed by atoms with Crippen molar-refractivity contribution in [2.75, 3.05) is 26.2 Å². The first kappa shape index (κ1) is 14.0. The summed E-state index contributed by atoms with van der Waals surface area (Å²) < 4.78 is 0. The molecule has 0 aromatic heterocycles. The van der Waals surface area contributed by atoms with Crippen molar-refractivity contribution >= 4 is 11.9 Å². The van der Waals surface area contributed by atoms with Gasteiger partial charge in [-0.25, -0.2) is 0 Å². The van der Waals surface area contributed by atoms with E-state index in [4.69, 9.17) is 0 Å². The van der Waals surface area contributed by atoms with Crippen LogP contribution < -0.4 is 5.32 Å². The van der Waals surface area contributed by atoms with Crippen molar-refractivity contribution in [2.45, 2.75) is 33.1 Å². The van der Waals surface area contributed by atoms with E-state index in [1.807, 2.05) is 13.8 Å². The Labute approximate surface area is 102 Å². The lowest BCUT2D eigenvalue weighted by molar-refractivity contribution is -0.148. The Balaban J connectivity index is 2.49. The van der Waals surface area contributed by atoms with Crippen LogP contribution in [0.3, 0.4) is 0 Å². The molecule has 0 bridgehead atoms. The highest BCUT2D eigenvalue weighted by Crippen LogP contribution is 2.34. The first-order chi connectivity index (χ1) is 8.05. The van der Waals surface area contributed by atoms with E-state index >= 15 is 0 Å². The van der Waals surface area contributed by atoms with Gasteiger partial charge in [0.2, 0.25) is 5.91 Å². The summed E-state index contributed by atoms with van der Waals surface area (Å²) in [6.07, 6.45) is 2.13. The topological polar surface area (TPSA) is 69.6 Å². The maximum Gasteiger partial charge on any atom is 0.311 e. The molecule has 0 radical (unpaired) electrons. The molecule has 98 valence electrons. The highest BCUT2D eigenvalue weighted by molar-refractivity contribution is 5.81. The van der Waals surface area contributed by atoms with E-state index in [2.05, 4.69) is 5.32 Å². The third-order valence-corrected chi connectivity index (χ3v) is 3.54. The summed E-state index contributed by atoms with van der Waals surface area (Å²) in [5, 5.41) is 12.3. The van der Waals surface area contributed by atoms with Crippen molar-refractivity contribution in [3.8, 4) is 0 Å². The van der Waals surface area contributed by atoms with Crippen molar-refractivity contribution in [2.24, 2.45) is 5.41 Å². The summed E-state index contributed by atoms with van der Waals surface area (Å²) in [4.78, 5) is 24.7. The van der Waals surface area contributed by atoms with Crippen molar-refractivity contribution < 1.29 is 14.7 Å². The third-order valence-electron chi connectivity index (χ3n) is 3.54. The van der Waals surface area contributed by atoms with Gasteiger partial charge in [0.05, 0.1) is 12.0 Å². The summed E-state index contributed by atoms with van der Waals surface area (Å²) in [5.74, 6) is -0.771. The lowest BCUT2D eigenvalue weighted by atomic mass is 9.84. The molecule has 0 aromatic carbocycles. The van der Waals surface area contributed by atoms with Crippen molar-refractivity contribution in [3.05, 3.63) is 0 Å². The average Bonchev–Trinajstić information content (AvgIpc) is 2.75. The Morgan fingerprint density at radius 1 is 1.41 bits per heavy atom. The molecule has 0 aromatic rings. The Morgan fingerprint density at radius 2 is 2.12 bits per heavy atom. The zero-order valence-corrected chi connectivity index (χ0v) is 10.7. The smallest absolute Gasteiger partial charge is 0.311 e. The summed E-state index contributed by atoms with van der Waals surface area (Å²) >= 11 is 0. The summed E-state index contributed by atoms with van der Waals surface area (Å²) in [7, 11) is 0. The average molecular weight is 242 g/mol. The summed E-state index contributed by atoms with van der Waals surface area (Å²) in [5.41, 5.74) is -0.722. The minimum absolute atomic E-state index is 0.00928. The van der Waals surface area contributed by atoms with E-state index in [0.29, 0.717) is 32.5 Å². The molecule has 1 aliphatic rings. The van der Waals surface area contributed by atoms with Gasteiger partial charge in [-0.15, -0.1) is 0 Å². The predicted molar refractivity (Wildman–Crippen MR) is 64.7 cm³/mol. The van der Waals surface area contributed by atoms with Crippen molar-refractivity contribution in [1.29, 1.82) is 0 Å². The van der Waals surface area contributed by atoms with E-state index in [1.165, 1.54) is 0 Å². The number of rotatable bonds is 6. The molecule has 1 fully saturated rings. The van der Waals surface area contributed by atoms with Gasteiger partial charge in [-0.3, -0.25) is 9.59 Å². The minimum atomic E-state index is -0.781. The number of carboxylic acid groups (broad SMARTS) is 1. The van der Waals surface area contributed by atoms with Gasteiger partial charge < -0.3 is 15.3 Å². The Kier molecular flexibility index (Phi) is 4.93. The van der Waals surface area contributed by atoms with Gasteiger partial charge in [0, 0.05) is 13.1 Å². The minimum Gasteiger partial charge on any atom is -0.481 e. The summed E-state index contributed by atoms with van der Waals surface area (Å²) in [6, 6.07) is 0. The van der Waals surface area contributed by atoms with Crippen LogP contribution in [0.1, 0.15) is 33.1 Å². The number of carbonyl (C=O) groups excluding carboxylic acids is 1. The van der Waals surface area contributed by atoms with Crippen LogP contribution in [0.2, 0.25) is 0 Å². The molecule has 1 unspecified atom stereocenters. The number of nitrogens with zero attached hydrogens (tertiary/aromatic N) is 1. The van der Waals surface area contributed by atoms with E-state index in [-0.39, 0.29) is 5.91 Å². The third kappa shape index (κ3) is 3.19. The largest absolute Gasteiger partial charge is 0.481 e. The SMILES string of the molecule is CCCNCC(=O)N1CCC(CC)(C(=O)O)C1. The van der Waals surface area contributed by atoms with Crippen LogP contribution in [0.5, 0.6) is 0 Å². The molecule has 0 aliphatic carbocycles. The number of likely N-dealkylation sites (tertiary alicyclic amines) is 1. The first-order valence-corrected chi connectivity index (χ1v) is 6.27. The molecule has 1 heterocycles. The number of nitrogens with one attached hydrogen (secondary N) is 1. The van der Waals surface area contributed by atoms with E-state index in [9.17, 15) is 14.7 Å². The fraction of sp³-hybridized carbons (Fsp3) is 0.833. The van der Waals surface area contributed by atoms with Gasteiger partial charge in [-0.2, -0.15) is 0 Å². The normalized spacial score (nSPS) is 24.0. The van der Waals surface area contributed by atoms with E-state index < -0.39 is 11.4 Å². The molecule has 5 heteroatoms. The van der Waals surface area contributed by atoms with Gasteiger partial charge in [0.15, 0.2) is 0 Å². The molecule has 1 atom stereocenters. The van der Waals surface area contributed by atoms with Crippen LogP contribution in [0.15, 0.2) is 0 Å². The number of carboxylic acids is 1. The van der Waals surface area contributed by atoms with Crippen LogP contribution in [0, 0.1) is 5.41 Å². The quantitative estimate of drug-likeness (QED) is 0.673. The van der Waals surface area contributed by atoms with Crippen LogP contribution in [-0.2, 0) is 9.59 Å². The Bertz CT molecular complexity index is 293. The molecule has 1 saturated heterocycles. The van der Waals surface area contributed by atoms with Gasteiger partial charge >= 0.3 is 5.97 Å². The lowest BCUT2D eigenvalue weighted by Gasteiger charge is -2.23. The molecule has 1 rings (SSSR count). The van der Waals surface area contributed by atoms with Crippen molar-refractivity contribution in [1.82, 2.24) is 10.2 Å². The lowest BCUT2D eigenvalue weighted by Crippen LogP contribution is -2.40. The van der Waals surface area contributed by atoms with Gasteiger partial charge in [-0.05, 0) is 25.8 Å². The number of carbonyl (C=O) groups is 2. The number of hydrogen-bond donors (Lipinski definition) is 2. The molecular weight excluding hydrogens is 220 g/mol. The molecule has 2 N–H and O–H groups in total. The highest BCUT2D eigenvalue weighted by Gasteiger charge is 2.44. The van der Waals surface area contributed by atoms with Crippen LogP contribution >= 0.6 is 0 Å². The van der Waals surface area contributed by atoms with Gasteiger partial charge in [-0.1, -0.05) is 13.8 Å². The number of hydrogen-bond acceptors (Lipinski definition) is 3.